The fourth-order valence-corrected chi connectivity index (χ4v) is 3.35. The number of hydrogen-bond donors (Lipinski definition) is 1. The van der Waals surface area contributed by atoms with E-state index in [2.05, 4.69) is 6.58 Å². The molecule has 0 unspecified atom stereocenters. The van der Waals surface area contributed by atoms with Gasteiger partial charge in [-0.2, -0.15) is 0 Å². The summed E-state index contributed by atoms with van der Waals surface area (Å²) in [7, 11) is 0. The molecule has 0 saturated carbocycles. The second kappa shape index (κ2) is 11.7. The van der Waals surface area contributed by atoms with Gasteiger partial charge in [0, 0.05) is 0 Å². The van der Waals surface area contributed by atoms with Crippen molar-refractivity contribution in [3.63, 3.8) is 0 Å². The molecule has 3 rings (SSSR count). The van der Waals surface area contributed by atoms with Gasteiger partial charge in [-0.05, 0) is 24.0 Å². The Balaban J connectivity index is 1.66. The first-order valence-corrected chi connectivity index (χ1v) is 10.1. The Morgan fingerprint density at radius 1 is 0.966 bits per heavy atom. The van der Waals surface area contributed by atoms with Crippen LogP contribution in [0.4, 0.5) is 0 Å². The van der Waals surface area contributed by atoms with Crippen LogP contribution in [0.25, 0.3) is 0 Å². The van der Waals surface area contributed by atoms with E-state index in [1.54, 1.807) is 12.2 Å². The third-order valence-electron chi connectivity index (χ3n) is 4.95. The van der Waals surface area contributed by atoms with Gasteiger partial charge in [0.1, 0.15) is 6.10 Å². The quantitative estimate of drug-likeness (QED) is 0.639. The van der Waals surface area contributed by atoms with Gasteiger partial charge in [0.15, 0.2) is 0 Å². The average molecular weight is 395 g/mol. The lowest BCUT2D eigenvalue weighted by Crippen LogP contribution is -2.42. The maximum atomic E-state index is 10.4. The summed E-state index contributed by atoms with van der Waals surface area (Å²) in [5.74, 6) is 0. The lowest BCUT2D eigenvalue weighted by Gasteiger charge is -2.33. The summed E-state index contributed by atoms with van der Waals surface area (Å²) >= 11 is 0. The predicted molar refractivity (Wildman–Crippen MR) is 114 cm³/mol. The fourth-order valence-electron chi connectivity index (χ4n) is 3.35. The zero-order valence-corrected chi connectivity index (χ0v) is 16.7. The molecule has 4 heteroatoms. The Kier molecular flexibility index (Phi) is 8.65. The van der Waals surface area contributed by atoms with Crippen LogP contribution in [0, 0.1) is 0 Å². The summed E-state index contributed by atoms with van der Waals surface area (Å²) in [6, 6.07) is 20.2. The van der Waals surface area contributed by atoms with Crippen LogP contribution in [0.5, 0.6) is 0 Å². The number of hydrogen-bond acceptors (Lipinski definition) is 4. The van der Waals surface area contributed by atoms with Gasteiger partial charge >= 0.3 is 0 Å². The van der Waals surface area contributed by atoms with Crippen LogP contribution in [0.2, 0.25) is 0 Å². The van der Waals surface area contributed by atoms with Crippen molar-refractivity contribution >= 4 is 0 Å². The van der Waals surface area contributed by atoms with Gasteiger partial charge in [-0.1, -0.05) is 78.9 Å². The van der Waals surface area contributed by atoms with Crippen LogP contribution in [-0.2, 0) is 27.4 Å². The summed E-state index contributed by atoms with van der Waals surface area (Å²) in [4.78, 5) is 0. The Bertz CT molecular complexity index is 744. The second-order valence-corrected chi connectivity index (χ2v) is 7.23. The first kappa shape index (κ1) is 21.5. The molecule has 1 aliphatic rings. The Morgan fingerprint density at radius 2 is 1.62 bits per heavy atom. The van der Waals surface area contributed by atoms with Gasteiger partial charge in [-0.3, -0.25) is 0 Å². The van der Waals surface area contributed by atoms with Gasteiger partial charge < -0.3 is 19.3 Å². The van der Waals surface area contributed by atoms with Crippen molar-refractivity contribution < 1.29 is 19.3 Å². The molecule has 0 amide bonds. The summed E-state index contributed by atoms with van der Waals surface area (Å²) in [6.45, 7) is 5.20. The van der Waals surface area contributed by atoms with E-state index in [1.165, 1.54) is 0 Å². The molecule has 0 radical (unpaired) electrons. The van der Waals surface area contributed by atoms with Crippen molar-refractivity contribution in [1.29, 1.82) is 0 Å². The van der Waals surface area contributed by atoms with Crippen molar-refractivity contribution in [3.8, 4) is 0 Å². The molecule has 154 valence electrons. The predicted octanol–water partition coefficient (Wildman–Crippen LogP) is 4.44. The third-order valence-corrected chi connectivity index (χ3v) is 4.95. The van der Waals surface area contributed by atoms with E-state index < -0.39 is 6.10 Å². The van der Waals surface area contributed by atoms with E-state index in [-0.39, 0.29) is 18.3 Å². The Hall–Kier alpha value is -2.24. The van der Waals surface area contributed by atoms with Crippen molar-refractivity contribution in [1.82, 2.24) is 0 Å². The Labute approximate surface area is 173 Å². The van der Waals surface area contributed by atoms with Crippen LogP contribution in [-0.4, -0.2) is 36.1 Å². The minimum atomic E-state index is -0.667. The van der Waals surface area contributed by atoms with Gasteiger partial charge in [0.25, 0.3) is 0 Å². The van der Waals surface area contributed by atoms with E-state index >= 15 is 0 Å². The normalized spacial score (nSPS) is 25.7. The molecule has 4 atom stereocenters. The van der Waals surface area contributed by atoms with Crippen molar-refractivity contribution in [3.05, 3.63) is 96.6 Å². The molecule has 1 N–H and O–H groups in total. The fraction of sp³-hybridized carbons (Fsp3) is 0.360. The number of aliphatic hydroxyl groups is 1. The zero-order valence-electron chi connectivity index (χ0n) is 16.7. The van der Waals surface area contributed by atoms with Crippen LogP contribution in [0.15, 0.2) is 85.5 Å². The number of benzene rings is 2. The molecule has 0 saturated heterocycles. The number of rotatable bonds is 9. The topological polar surface area (TPSA) is 47.9 Å². The highest BCUT2D eigenvalue weighted by molar-refractivity contribution is 5.14. The van der Waals surface area contributed by atoms with Crippen molar-refractivity contribution in [2.75, 3.05) is 6.61 Å². The zero-order chi connectivity index (χ0) is 20.3. The molecule has 4 nitrogen and oxygen atoms in total. The third kappa shape index (κ3) is 6.94. The monoisotopic (exact) mass is 394 g/mol. The maximum absolute atomic E-state index is 10.4. The highest BCUT2D eigenvalue weighted by atomic mass is 16.6. The van der Waals surface area contributed by atoms with Gasteiger partial charge in [0.05, 0.1) is 38.1 Å². The molecular weight excluding hydrogens is 364 g/mol. The van der Waals surface area contributed by atoms with Crippen LogP contribution < -0.4 is 0 Å². The van der Waals surface area contributed by atoms with E-state index in [0.717, 1.165) is 11.1 Å². The van der Waals surface area contributed by atoms with E-state index in [9.17, 15) is 5.11 Å². The molecule has 29 heavy (non-hydrogen) atoms. The van der Waals surface area contributed by atoms with E-state index in [4.69, 9.17) is 14.2 Å². The minimum Gasteiger partial charge on any atom is -0.386 e. The molecule has 1 aliphatic heterocycles. The molecule has 2 aromatic rings. The van der Waals surface area contributed by atoms with Crippen LogP contribution in [0.1, 0.15) is 24.0 Å². The van der Waals surface area contributed by atoms with Crippen molar-refractivity contribution in [2.24, 2.45) is 0 Å². The average Bonchev–Trinajstić information content (AvgIpc) is 2.75. The van der Waals surface area contributed by atoms with Gasteiger partial charge in [-0.25, -0.2) is 0 Å². The van der Waals surface area contributed by atoms with E-state index in [1.807, 2.05) is 66.7 Å². The molecule has 0 spiro atoms. The second-order valence-electron chi connectivity index (χ2n) is 7.23. The molecule has 0 aromatic heterocycles. The summed E-state index contributed by atoms with van der Waals surface area (Å²) in [6.07, 6.45) is 5.27. The van der Waals surface area contributed by atoms with Crippen molar-refractivity contribution in [2.45, 2.75) is 50.5 Å². The largest absolute Gasteiger partial charge is 0.386 e. The maximum Gasteiger partial charge on any atom is 0.108 e. The van der Waals surface area contributed by atoms with Crippen LogP contribution >= 0.6 is 0 Å². The highest BCUT2D eigenvalue weighted by Gasteiger charge is 2.30. The summed E-state index contributed by atoms with van der Waals surface area (Å²) in [5.41, 5.74) is 2.23. The summed E-state index contributed by atoms with van der Waals surface area (Å²) < 4.78 is 18.4. The molecular formula is C25H30O4. The smallest absolute Gasteiger partial charge is 0.108 e. The standard InChI is InChI=1S/C25H30O4/c1-2-10-23-22(26)15-9-16-24(28-18-21-13-7-4-8-14-21)25(29-23)19-27-17-20-11-5-3-6-12-20/h2-9,11-15,22-26H,1,10,16-19H2/b15-9-/t22-,23+,24+,25-/m0/s1. The molecule has 0 fully saturated rings. The number of ether oxygens (including phenoxy) is 3. The lowest BCUT2D eigenvalue weighted by molar-refractivity contribution is -0.151. The molecule has 0 bridgehead atoms. The van der Waals surface area contributed by atoms with E-state index in [0.29, 0.717) is 32.7 Å². The Morgan fingerprint density at radius 3 is 2.28 bits per heavy atom. The highest BCUT2D eigenvalue weighted by Crippen LogP contribution is 2.21. The van der Waals surface area contributed by atoms with Gasteiger partial charge in [-0.15, -0.1) is 6.58 Å². The van der Waals surface area contributed by atoms with Gasteiger partial charge in [0.2, 0.25) is 0 Å². The number of aliphatic hydroxyl groups excluding tert-OH is 1. The molecule has 0 aliphatic carbocycles. The summed E-state index contributed by atoms with van der Waals surface area (Å²) in [5, 5.41) is 10.4. The molecule has 1 heterocycles. The first-order valence-electron chi connectivity index (χ1n) is 10.1. The minimum absolute atomic E-state index is 0.165. The SMILES string of the molecule is C=CC[C@H]1O[C@@H](COCc2ccccc2)[C@H](OCc2ccccc2)C/C=C\[C@@H]1O. The lowest BCUT2D eigenvalue weighted by atomic mass is 10.0. The molecule has 2 aromatic carbocycles. The first-order chi connectivity index (χ1) is 14.3. The van der Waals surface area contributed by atoms with Crippen LogP contribution in [0.3, 0.4) is 0 Å².